The number of benzene rings is 1. The van der Waals surface area contributed by atoms with Crippen molar-refractivity contribution < 1.29 is 0 Å². The first-order valence-electron chi connectivity index (χ1n) is 11.2. The lowest BCUT2D eigenvalue weighted by Gasteiger charge is -2.21. The average molecular weight is 420 g/mol. The lowest BCUT2D eigenvalue weighted by atomic mass is 10.00. The first-order valence-corrected chi connectivity index (χ1v) is 11.2. The van der Waals surface area contributed by atoms with Gasteiger partial charge in [0, 0.05) is 37.3 Å². The molecular weight excluding hydrogens is 378 g/mol. The van der Waals surface area contributed by atoms with Crippen LogP contribution < -0.4 is 0 Å². The number of hydrogen-bond acceptors (Lipinski definition) is 2. The number of allylic oxidation sites excluding steroid dienone is 3. The molecule has 0 amide bonds. The maximum atomic E-state index is 4.44. The second-order valence-electron chi connectivity index (χ2n) is 8.50. The number of aryl methyl sites for hydroxylation is 1. The fourth-order valence-electron chi connectivity index (χ4n) is 3.02. The van der Waals surface area contributed by atoms with E-state index in [-0.39, 0.29) is 0 Å². The fourth-order valence-corrected chi connectivity index (χ4v) is 3.02. The van der Waals surface area contributed by atoms with E-state index >= 15 is 0 Å². The molecule has 0 aromatic heterocycles. The van der Waals surface area contributed by atoms with Gasteiger partial charge in [0.05, 0.1) is 0 Å². The van der Waals surface area contributed by atoms with E-state index in [1.54, 1.807) is 0 Å². The van der Waals surface area contributed by atoms with Crippen LogP contribution in [0.25, 0.3) is 6.08 Å². The molecule has 0 unspecified atom stereocenters. The first-order chi connectivity index (χ1) is 14.7. The van der Waals surface area contributed by atoms with Crippen LogP contribution in [0, 0.1) is 5.92 Å². The van der Waals surface area contributed by atoms with Gasteiger partial charge in [-0.25, -0.2) is 4.99 Å². The molecule has 1 aromatic rings. The molecule has 31 heavy (non-hydrogen) atoms. The van der Waals surface area contributed by atoms with Gasteiger partial charge in [-0.15, -0.1) is 0 Å². The Bertz CT molecular complexity index is 862. The van der Waals surface area contributed by atoms with Crippen LogP contribution in [0.3, 0.4) is 0 Å². The Hall–Kier alpha value is -2.68. The summed E-state index contributed by atoms with van der Waals surface area (Å²) in [7, 11) is 2.01. The van der Waals surface area contributed by atoms with Crippen molar-refractivity contribution in [2.45, 2.75) is 67.2 Å². The van der Waals surface area contributed by atoms with Gasteiger partial charge in [0.15, 0.2) is 0 Å². The first kappa shape index (κ1) is 26.4. The lowest BCUT2D eigenvalue weighted by Crippen LogP contribution is -2.23. The maximum absolute atomic E-state index is 4.44. The number of amidine groups is 1. The highest BCUT2D eigenvalue weighted by atomic mass is 15.2. The number of nitrogens with zero attached hydrogens (tertiary/aromatic N) is 3. The summed E-state index contributed by atoms with van der Waals surface area (Å²) in [5, 5.41) is 0. The summed E-state index contributed by atoms with van der Waals surface area (Å²) in [5.41, 5.74) is 7.58. The molecule has 168 valence electrons. The molecule has 1 aliphatic rings. The molecule has 0 atom stereocenters. The topological polar surface area (TPSA) is 28.0 Å². The Balaban J connectivity index is 0.000000399. The molecule has 0 N–H and O–H groups in total. The third kappa shape index (κ3) is 9.33. The van der Waals surface area contributed by atoms with Gasteiger partial charge in [0.25, 0.3) is 0 Å². The van der Waals surface area contributed by atoms with Gasteiger partial charge >= 0.3 is 0 Å². The van der Waals surface area contributed by atoms with E-state index in [9.17, 15) is 0 Å². The van der Waals surface area contributed by atoms with E-state index < -0.39 is 0 Å². The third-order valence-corrected chi connectivity index (χ3v) is 5.40. The minimum Gasteiger partial charge on any atom is -0.338 e. The maximum Gasteiger partial charge on any atom is 0.105 e. The molecule has 1 aromatic carbocycles. The molecule has 0 saturated heterocycles. The van der Waals surface area contributed by atoms with Gasteiger partial charge in [-0.05, 0) is 62.7 Å². The van der Waals surface area contributed by atoms with E-state index in [0.717, 1.165) is 37.2 Å². The van der Waals surface area contributed by atoms with E-state index in [4.69, 9.17) is 0 Å². The zero-order valence-corrected chi connectivity index (χ0v) is 20.7. The van der Waals surface area contributed by atoms with E-state index in [1.807, 2.05) is 52.4 Å². The second kappa shape index (κ2) is 13.6. The summed E-state index contributed by atoms with van der Waals surface area (Å²) in [6.45, 7) is 20.7. The quantitative estimate of drug-likeness (QED) is 0.311. The normalized spacial score (nSPS) is 13.1. The SMILES string of the molecule is C=Cc1ccccc1CCC(=C)N(C)C(C)=NC=C(C)C.CCC1=NC=C(C(C)C)C1. The Morgan fingerprint density at radius 3 is 2.42 bits per heavy atom. The minimum absolute atomic E-state index is 0.674. The highest BCUT2D eigenvalue weighted by molar-refractivity contribution is 5.88. The van der Waals surface area contributed by atoms with Crippen molar-refractivity contribution in [1.82, 2.24) is 4.90 Å². The molecule has 3 nitrogen and oxygen atoms in total. The van der Waals surface area contributed by atoms with Gasteiger partial charge in [0.1, 0.15) is 5.84 Å². The number of rotatable bonds is 8. The highest BCUT2D eigenvalue weighted by Gasteiger charge is 2.10. The van der Waals surface area contributed by atoms with Crippen molar-refractivity contribution in [2.24, 2.45) is 15.9 Å². The van der Waals surface area contributed by atoms with Crippen LogP contribution in [-0.2, 0) is 6.42 Å². The average Bonchev–Trinajstić information content (AvgIpc) is 3.25. The largest absolute Gasteiger partial charge is 0.338 e. The van der Waals surface area contributed by atoms with Crippen LogP contribution in [0.1, 0.15) is 71.9 Å². The second-order valence-corrected chi connectivity index (χ2v) is 8.50. The molecule has 1 aliphatic heterocycles. The summed E-state index contributed by atoms with van der Waals surface area (Å²) in [6.07, 6.45) is 9.91. The van der Waals surface area contributed by atoms with Crippen molar-refractivity contribution in [1.29, 1.82) is 0 Å². The van der Waals surface area contributed by atoms with Crippen LogP contribution in [0.15, 0.2) is 76.7 Å². The van der Waals surface area contributed by atoms with Crippen molar-refractivity contribution in [3.63, 3.8) is 0 Å². The molecule has 2 rings (SSSR count). The minimum atomic E-state index is 0.674. The van der Waals surface area contributed by atoms with E-state index in [0.29, 0.717) is 5.92 Å². The number of hydrogen-bond donors (Lipinski definition) is 0. The van der Waals surface area contributed by atoms with Gasteiger partial charge < -0.3 is 4.90 Å². The van der Waals surface area contributed by atoms with Gasteiger partial charge in [-0.3, -0.25) is 4.99 Å². The zero-order valence-electron chi connectivity index (χ0n) is 20.7. The van der Waals surface area contributed by atoms with E-state index in [2.05, 4.69) is 67.0 Å². The van der Waals surface area contributed by atoms with Crippen molar-refractivity contribution >= 4 is 17.6 Å². The third-order valence-electron chi connectivity index (χ3n) is 5.40. The molecule has 1 heterocycles. The van der Waals surface area contributed by atoms with Crippen LogP contribution in [0.5, 0.6) is 0 Å². The van der Waals surface area contributed by atoms with Crippen LogP contribution in [-0.4, -0.2) is 23.5 Å². The lowest BCUT2D eigenvalue weighted by molar-refractivity contribution is 0.586. The summed E-state index contributed by atoms with van der Waals surface area (Å²) >= 11 is 0. The van der Waals surface area contributed by atoms with Gasteiger partial charge in [0.2, 0.25) is 0 Å². The van der Waals surface area contributed by atoms with Gasteiger partial charge in [-0.2, -0.15) is 0 Å². The Labute approximate surface area is 190 Å². The summed E-state index contributed by atoms with van der Waals surface area (Å²) in [6, 6.07) is 8.35. The van der Waals surface area contributed by atoms with Crippen LogP contribution in [0.4, 0.5) is 0 Å². The summed E-state index contributed by atoms with van der Waals surface area (Å²) < 4.78 is 0. The van der Waals surface area contributed by atoms with Gasteiger partial charge in [-0.1, -0.05) is 69.8 Å². The van der Waals surface area contributed by atoms with Crippen molar-refractivity contribution in [3.05, 3.63) is 77.8 Å². The Morgan fingerprint density at radius 2 is 1.90 bits per heavy atom. The molecule has 0 radical (unpaired) electrons. The Kier molecular flexibility index (Phi) is 11.6. The monoisotopic (exact) mass is 419 g/mol. The van der Waals surface area contributed by atoms with Crippen molar-refractivity contribution in [2.75, 3.05) is 7.05 Å². The standard InChI is InChI=1S/C19H26N2.C9H15N/c1-7-18-10-8-9-11-19(18)13-12-16(4)21(6)17(5)20-14-15(2)3;1-4-9-5-8(6-10-9)7(2)3/h7-11,14H,1,4,12-13H2,2-3,5-6H3;6-7H,4-5H2,1-3H3. The fraction of sp³-hybridized carbons (Fsp3) is 0.429. The molecule has 0 fully saturated rings. The van der Waals surface area contributed by atoms with Crippen LogP contribution in [0.2, 0.25) is 0 Å². The molecule has 0 aliphatic carbocycles. The highest BCUT2D eigenvalue weighted by Crippen LogP contribution is 2.20. The summed E-state index contributed by atoms with van der Waals surface area (Å²) in [4.78, 5) is 10.8. The predicted octanol–water partition coefficient (Wildman–Crippen LogP) is 7.83. The van der Waals surface area contributed by atoms with Crippen molar-refractivity contribution in [3.8, 4) is 0 Å². The number of aliphatic imine (C=N–C) groups is 2. The van der Waals surface area contributed by atoms with E-state index in [1.165, 1.54) is 28.0 Å². The Morgan fingerprint density at radius 1 is 1.23 bits per heavy atom. The van der Waals surface area contributed by atoms with Crippen LogP contribution >= 0.6 is 0 Å². The zero-order chi connectivity index (χ0) is 23.4. The molecule has 3 heteroatoms. The molecule has 0 spiro atoms. The smallest absolute Gasteiger partial charge is 0.105 e. The molecule has 0 saturated carbocycles. The summed E-state index contributed by atoms with van der Waals surface area (Å²) in [5.74, 6) is 1.63. The molecular formula is C28H41N3. The molecule has 0 bridgehead atoms. The predicted molar refractivity (Wildman–Crippen MR) is 140 cm³/mol.